The van der Waals surface area contributed by atoms with Gasteiger partial charge in [-0.05, 0) is 17.7 Å². The van der Waals surface area contributed by atoms with Gasteiger partial charge in [-0.15, -0.1) is 0 Å². The van der Waals surface area contributed by atoms with Crippen LogP contribution in [0, 0.1) is 0 Å². The molecule has 8 heteroatoms. The number of H-pyrrole nitrogens is 1. The zero-order valence-corrected chi connectivity index (χ0v) is 14.3. The van der Waals surface area contributed by atoms with Crippen molar-refractivity contribution in [2.45, 2.75) is 6.04 Å². The van der Waals surface area contributed by atoms with Gasteiger partial charge < -0.3 is 10.1 Å². The van der Waals surface area contributed by atoms with Crippen molar-refractivity contribution in [3.05, 3.63) is 63.0 Å². The van der Waals surface area contributed by atoms with Crippen molar-refractivity contribution in [1.29, 1.82) is 0 Å². The number of halogens is 1. The highest BCUT2D eigenvalue weighted by Crippen LogP contribution is 2.27. The number of ether oxygens (including phenoxy) is 1. The van der Waals surface area contributed by atoms with Crippen molar-refractivity contribution in [3.8, 4) is 0 Å². The molecule has 2 aromatic rings. The summed E-state index contributed by atoms with van der Waals surface area (Å²) in [5.41, 5.74) is 0.777. The zero-order valence-electron chi connectivity index (χ0n) is 13.6. The third-order valence-electron chi connectivity index (χ3n) is 4.12. The van der Waals surface area contributed by atoms with Crippen molar-refractivity contribution in [2.75, 3.05) is 32.8 Å². The number of benzene rings is 1. The first-order valence-electron chi connectivity index (χ1n) is 8.05. The van der Waals surface area contributed by atoms with Crippen LogP contribution in [0.4, 0.5) is 0 Å². The first kappa shape index (κ1) is 17.6. The van der Waals surface area contributed by atoms with Crippen LogP contribution in [0.1, 0.15) is 22.1 Å². The molecule has 0 saturated carbocycles. The molecular formula is C17H19ClN4O3. The zero-order chi connectivity index (χ0) is 17.6. The first-order chi connectivity index (χ1) is 12.1. The number of morpholine rings is 1. The Morgan fingerprint density at radius 3 is 2.72 bits per heavy atom. The maximum absolute atomic E-state index is 12.3. The molecule has 2 N–H and O–H groups in total. The van der Waals surface area contributed by atoms with Crippen LogP contribution in [-0.2, 0) is 4.74 Å². The molecule has 1 amide bonds. The summed E-state index contributed by atoms with van der Waals surface area (Å²) in [5, 5.41) is 9.55. The molecule has 3 rings (SSSR count). The molecule has 0 bridgehead atoms. The molecule has 7 nitrogen and oxygen atoms in total. The van der Waals surface area contributed by atoms with Gasteiger partial charge >= 0.3 is 0 Å². The van der Waals surface area contributed by atoms with E-state index < -0.39 is 0 Å². The predicted molar refractivity (Wildman–Crippen MR) is 93.8 cm³/mol. The number of carbonyl (C=O) groups excluding carboxylic acids is 1. The smallest absolute Gasteiger partial charge is 0.271 e. The average molecular weight is 363 g/mol. The second-order valence-corrected chi connectivity index (χ2v) is 6.11. The fraction of sp³-hybridized carbons (Fsp3) is 0.353. The largest absolute Gasteiger partial charge is 0.379 e. The Morgan fingerprint density at radius 2 is 2.04 bits per heavy atom. The fourth-order valence-corrected chi connectivity index (χ4v) is 3.08. The molecular weight excluding hydrogens is 344 g/mol. The molecule has 0 radical (unpaired) electrons. The van der Waals surface area contributed by atoms with E-state index in [2.05, 4.69) is 20.4 Å². The Balaban J connectivity index is 1.75. The maximum atomic E-state index is 12.3. The van der Waals surface area contributed by atoms with Gasteiger partial charge in [-0.2, -0.15) is 5.10 Å². The quantitative estimate of drug-likeness (QED) is 0.835. The van der Waals surface area contributed by atoms with E-state index in [1.165, 1.54) is 12.1 Å². The molecule has 1 aromatic carbocycles. The van der Waals surface area contributed by atoms with Crippen molar-refractivity contribution in [1.82, 2.24) is 20.4 Å². The maximum Gasteiger partial charge on any atom is 0.271 e. The van der Waals surface area contributed by atoms with Crippen molar-refractivity contribution >= 4 is 17.5 Å². The van der Waals surface area contributed by atoms with Gasteiger partial charge in [0.15, 0.2) is 0 Å². The standard InChI is InChI=1S/C17H19ClN4O3/c18-13-4-2-1-3-12(13)15(22-7-9-25-10-8-22)11-19-17(24)14-5-6-16(23)21-20-14/h1-6,15H,7-11H2,(H,19,24)(H,21,23)/t15-/m1/s1. The van der Waals surface area contributed by atoms with Crippen molar-refractivity contribution < 1.29 is 9.53 Å². The molecule has 1 aliphatic heterocycles. The molecule has 1 saturated heterocycles. The predicted octanol–water partition coefficient (Wildman–Crippen LogP) is 1.23. The van der Waals surface area contributed by atoms with E-state index in [0.29, 0.717) is 24.8 Å². The minimum absolute atomic E-state index is 0.0655. The Hall–Kier alpha value is -2.22. The highest BCUT2D eigenvalue weighted by molar-refractivity contribution is 6.31. The summed E-state index contributed by atoms with van der Waals surface area (Å²) in [6, 6.07) is 10.2. The van der Waals surface area contributed by atoms with E-state index in [4.69, 9.17) is 16.3 Å². The molecule has 1 atom stereocenters. The number of carbonyl (C=O) groups is 1. The van der Waals surface area contributed by atoms with Gasteiger partial charge in [-0.3, -0.25) is 14.5 Å². The summed E-state index contributed by atoms with van der Waals surface area (Å²) in [5.74, 6) is -0.346. The Bertz CT molecular complexity index is 769. The fourth-order valence-electron chi connectivity index (χ4n) is 2.82. The van der Waals surface area contributed by atoms with Crippen molar-refractivity contribution in [2.24, 2.45) is 0 Å². The van der Waals surface area contributed by atoms with E-state index >= 15 is 0 Å². The number of hydrogen-bond acceptors (Lipinski definition) is 5. The molecule has 2 heterocycles. The number of hydrogen-bond donors (Lipinski definition) is 2. The lowest BCUT2D eigenvalue weighted by atomic mass is 10.0. The number of rotatable bonds is 5. The van der Waals surface area contributed by atoms with E-state index in [1.54, 1.807) is 0 Å². The van der Waals surface area contributed by atoms with E-state index in [-0.39, 0.29) is 23.2 Å². The van der Waals surface area contributed by atoms with Gasteiger partial charge in [0, 0.05) is 30.7 Å². The van der Waals surface area contributed by atoms with E-state index in [1.807, 2.05) is 24.3 Å². The lowest BCUT2D eigenvalue weighted by Gasteiger charge is -2.35. The Kier molecular flexibility index (Phi) is 5.80. The Labute approximate surface area is 149 Å². The molecule has 1 aliphatic rings. The van der Waals surface area contributed by atoms with Gasteiger partial charge in [0.05, 0.1) is 19.3 Å². The summed E-state index contributed by atoms with van der Waals surface area (Å²) in [7, 11) is 0. The molecule has 0 aliphatic carbocycles. The molecule has 0 spiro atoms. The highest BCUT2D eigenvalue weighted by Gasteiger charge is 2.25. The number of nitrogens with zero attached hydrogens (tertiary/aromatic N) is 2. The lowest BCUT2D eigenvalue weighted by Crippen LogP contribution is -2.44. The summed E-state index contributed by atoms with van der Waals surface area (Å²) >= 11 is 6.37. The summed E-state index contributed by atoms with van der Waals surface area (Å²) in [6.45, 7) is 3.21. The average Bonchev–Trinajstić information content (AvgIpc) is 2.64. The Morgan fingerprint density at radius 1 is 1.28 bits per heavy atom. The third kappa shape index (κ3) is 4.45. The van der Waals surface area contributed by atoms with Crippen LogP contribution in [0.2, 0.25) is 5.02 Å². The normalized spacial score (nSPS) is 16.4. The van der Waals surface area contributed by atoms with Crippen LogP contribution < -0.4 is 10.9 Å². The van der Waals surface area contributed by atoms with E-state index in [0.717, 1.165) is 18.7 Å². The van der Waals surface area contributed by atoms with Crippen LogP contribution >= 0.6 is 11.6 Å². The minimum atomic E-state index is -0.348. The lowest BCUT2D eigenvalue weighted by molar-refractivity contribution is 0.0162. The number of aromatic nitrogens is 2. The van der Waals surface area contributed by atoms with Gasteiger partial charge in [0.2, 0.25) is 0 Å². The number of aromatic amines is 1. The summed E-state index contributed by atoms with van der Waals surface area (Å²) in [6.07, 6.45) is 0. The molecule has 132 valence electrons. The van der Waals surface area contributed by atoms with E-state index in [9.17, 15) is 9.59 Å². The molecule has 0 unspecified atom stereocenters. The second-order valence-electron chi connectivity index (χ2n) is 5.70. The van der Waals surface area contributed by atoms with Gasteiger partial charge in [0.25, 0.3) is 11.5 Å². The highest BCUT2D eigenvalue weighted by atomic mass is 35.5. The SMILES string of the molecule is O=C(NC[C@H](c1ccccc1Cl)N1CCOCC1)c1ccc(=O)[nH]n1. The topological polar surface area (TPSA) is 87.3 Å². The second kappa shape index (κ2) is 8.24. The molecule has 1 fully saturated rings. The summed E-state index contributed by atoms with van der Waals surface area (Å²) in [4.78, 5) is 25.6. The number of amides is 1. The molecule has 25 heavy (non-hydrogen) atoms. The van der Waals surface area contributed by atoms with Crippen LogP contribution in [0.3, 0.4) is 0 Å². The van der Waals surface area contributed by atoms with Gasteiger partial charge in [-0.1, -0.05) is 29.8 Å². The first-order valence-corrected chi connectivity index (χ1v) is 8.43. The van der Waals surface area contributed by atoms with Crippen molar-refractivity contribution in [3.63, 3.8) is 0 Å². The van der Waals surface area contributed by atoms with Gasteiger partial charge in [0.1, 0.15) is 5.69 Å². The summed E-state index contributed by atoms with van der Waals surface area (Å²) < 4.78 is 5.42. The van der Waals surface area contributed by atoms with Crippen LogP contribution in [0.5, 0.6) is 0 Å². The molecule has 1 aromatic heterocycles. The van der Waals surface area contributed by atoms with Crippen LogP contribution in [0.25, 0.3) is 0 Å². The third-order valence-corrected chi connectivity index (χ3v) is 4.46. The minimum Gasteiger partial charge on any atom is -0.379 e. The van der Waals surface area contributed by atoms with Crippen LogP contribution in [-0.4, -0.2) is 53.9 Å². The van der Waals surface area contributed by atoms with Crippen LogP contribution in [0.15, 0.2) is 41.2 Å². The number of nitrogens with one attached hydrogen (secondary N) is 2. The monoisotopic (exact) mass is 362 g/mol. The van der Waals surface area contributed by atoms with Gasteiger partial charge in [-0.25, -0.2) is 5.10 Å².